The Morgan fingerprint density at radius 3 is 2.32 bits per heavy atom. The van der Waals surface area contributed by atoms with E-state index in [2.05, 4.69) is 4.74 Å². The highest BCUT2D eigenvalue weighted by molar-refractivity contribution is 5.88. The van der Waals surface area contributed by atoms with Gasteiger partial charge in [0.1, 0.15) is 5.75 Å². The van der Waals surface area contributed by atoms with Gasteiger partial charge < -0.3 is 19.9 Å². The summed E-state index contributed by atoms with van der Waals surface area (Å²) in [7, 11) is 0. The number of amides is 1. The molecule has 0 aliphatic rings. The van der Waals surface area contributed by atoms with Gasteiger partial charge in [-0.2, -0.15) is 13.2 Å². The standard InChI is InChI=1S/C13H14F3NO5/c1-2-21-11(19)12(20,13(14,15)16)17-10(18)8-22-9-6-4-3-5-7-9/h3-7,20H,2,8H2,1H3,(H,17,18). The number of aliphatic hydroxyl groups is 1. The van der Waals surface area contributed by atoms with E-state index in [0.29, 0.717) is 0 Å². The van der Waals surface area contributed by atoms with Gasteiger partial charge in [0, 0.05) is 0 Å². The summed E-state index contributed by atoms with van der Waals surface area (Å²) in [5.41, 5.74) is -4.12. The van der Waals surface area contributed by atoms with Crippen LogP contribution in [0.5, 0.6) is 5.75 Å². The molecule has 1 amide bonds. The molecule has 1 aromatic rings. The molecule has 22 heavy (non-hydrogen) atoms. The minimum atomic E-state index is -5.44. The van der Waals surface area contributed by atoms with Crippen LogP contribution in [0.3, 0.4) is 0 Å². The number of benzene rings is 1. The highest BCUT2D eigenvalue weighted by Crippen LogP contribution is 2.29. The molecule has 2 N–H and O–H groups in total. The molecule has 0 aliphatic carbocycles. The van der Waals surface area contributed by atoms with E-state index in [1.54, 1.807) is 18.2 Å². The lowest BCUT2D eigenvalue weighted by Crippen LogP contribution is -2.65. The fraction of sp³-hybridized carbons (Fsp3) is 0.385. The maximum atomic E-state index is 12.8. The average Bonchev–Trinajstić information content (AvgIpc) is 2.45. The smallest absolute Gasteiger partial charge is 0.448 e. The fourth-order valence-corrected chi connectivity index (χ4v) is 1.38. The molecule has 1 atom stereocenters. The molecule has 1 aromatic carbocycles. The van der Waals surface area contributed by atoms with E-state index in [1.807, 2.05) is 0 Å². The Bertz CT molecular complexity index is 520. The van der Waals surface area contributed by atoms with Gasteiger partial charge >= 0.3 is 17.9 Å². The molecule has 6 nitrogen and oxygen atoms in total. The van der Waals surface area contributed by atoms with E-state index in [-0.39, 0.29) is 5.75 Å². The lowest BCUT2D eigenvalue weighted by atomic mass is 10.2. The Labute approximate surface area is 123 Å². The molecular formula is C13H14F3NO5. The van der Waals surface area contributed by atoms with Crippen molar-refractivity contribution in [2.24, 2.45) is 0 Å². The van der Waals surface area contributed by atoms with Gasteiger partial charge in [0.05, 0.1) is 6.61 Å². The maximum Gasteiger partial charge on any atom is 0.448 e. The van der Waals surface area contributed by atoms with Crippen LogP contribution in [0, 0.1) is 0 Å². The number of para-hydroxylation sites is 1. The molecule has 0 radical (unpaired) electrons. The Kier molecular flexibility index (Phi) is 5.75. The zero-order chi connectivity index (χ0) is 16.8. The van der Waals surface area contributed by atoms with Crippen molar-refractivity contribution in [3.8, 4) is 5.75 Å². The quantitative estimate of drug-likeness (QED) is 0.603. The van der Waals surface area contributed by atoms with Crippen LogP contribution in [0.2, 0.25) is 0 Å². The van der Waals surface area contributed by atoms with Crippen LogP contribution in [0.4, 0.5) is 13.2 Å². The zero-order valence-electron chi connectivity index (χ0n) is 11.5. The van der Waals surface area contributed by atoms with Crippen LogP contribution in [-0.2, 0) is 14.3 Å². The molecule has 0 bridgehead atoms. The van der Waals surface area contributed by atoms with Gasteiger partial charge in [-0.25, -0.2) is 4.79 Å². The van der Waals surface area contributed by atoms with Crippen molar-refractivity contribution in [1.82, 2.24) is 5.32 Å². The summed E-state index contributed by atoms with van der Waals surface area (Å²) in [5, 5.41) is 10.6. The number of halogens is 3. The molecule has 1 unspecified atom stereocenters. The first-order valence-electron chi connectivity index (χ1n) is 6.16. The van der Waals surface area contributed by atoms with Gasteiger partial charge in [-0.15, -0.1) is 0 Å². The first kappa shape index (κ1) is 17.8. The third kappa shape index (κ3) is 4.35. The predicted octanol–water partition coefficient (Wildman–Crippen LogP) is 0.996. The summed E-state index contributed by atoms with van der Waals surface area (Å²) in [6, 6.07) is 7.83. The molecule has 0 aliphatic heterocycles. The number of alkyl halides is 3. The van der Waals surface area contributed by atoms with E-state index >= 15 is 0 Å². The van der Waals surface area contributed by atoms with Gasteiger partial charge in [-0.3, -0.25) is 4.79 Å². The molecule has 1 rings (SSSR count). The number of hydrogen-bond donors (Lipinski definition) is 2. The molecule has 0 fully saturated rings. The Balaban J connectivity index is 2.73. The maximum absolute atomic E-state index is 12.8. The highest BCUT2D eigenvalue weighted by Gasteiger charge is 2.62. The summed E-state index contributed by atoms with van der Waals surface area (Å²) in [6.45, 7) is 0.0461. The third-order valence-corrected chi connectivity index (χ3v) is 2.41. The van der Waals surface area contributed by atoms with Crippen molar-refractivity contribution in [2.45, 2.75) is 18.8 Å². The van der Waals surface area contributed by atoms with Crippen LogP contribution in [0.15, 0.2) is 30.3 Å². The van der Waals surface area contributed by atoms with Gasteiger partial charge in [0.15, 0.2) is 6.61 Å². The van der Waals surface area contributed by atoms with Gasteiger partial charge in [-0.1, -0.05) is 18.2 Å². The Hall–Kier alpha value is -2.29. The number of hydrogen-bond acceptors (Lipinski definition) is 5. The molecule has 122 valence electrons. The van der Waals surface area contributed by atoms with E-state index in [0.717, 1.165) is 0 Å². The summed E-state index contributed by atoms with van der Waals surface area (Å²) in [6.07, 6.45) is -5.44. The van der Waals surface area contributed by atoms with Crippen molar-refractivity contribution in [3.05, 3.63) is 30.3 Å². The van der Waals surface area contributed by atoms with Crippen LogP contribution in [0.1, 0.15) is 6.92 Å². The Morgan fingerprint density at radius 1 is 1.23 bits per heavy atom. The topological polar surface area (TPSA) is 84.9 Å². The summed E-state index contributed by atoms with van der Waals surface area (Å²) in [4.78, 5) is 22.8. The SMILES string of the molecule is CCOC(=O)C(O)(NC(=O)COc1ccccc1)C(F)(F)F. The molecule has 0 saturated heterocycles. The number of rotatable bonds is 6. The minimum absolute atomic E-state index is 0.240. The summed E-state index contributed by atoms with van der Waals surface area (Å²) >= 11 is 0. The minimum Gasteiger partial charge on any atom is -0.484 e. The van der Waals surface area contributed by atoms with Crippen LogP contribution >= 0.6 is 0 Å². The monoisotopic (exact) mass is 321 g/mol. The third-order valence-electron chi connectivity index (χ3n) is 2.41. The zero-order valence-corrected chi connectivity index (χ0v) is 11.5. The molecule has 0 spiro atoms. The number of carbonyl (C=O) groups excluding carboxylic acids is 2. The van der Waals surface area contributed by atoms with Gasteiger partial charge in [0.2, 0.25) is 0 Å². The molecule has 9 heteroatoms. The normalized spacial score (nSPS) is 13.9. The predicted molar refractivity (Wildman–Crippen MR) is 67.7 cm³/mol. The van der Waals surface area contributed by atoms with E-state index in [4.69, 9.17) is 4.74 Å². The van der Waals surface area contributed by atoms with Crippen molar-refractivity contribution < 1.29 is 37.3 Å². The van der Waals surface area contributed by atoms with Crippen molar-refractivity contribution >= 4 is 11.9 Å². The molecule has 0 heterocycles. The lowest BCUT2D eigenvalue weighted by molar-refractivity contribution is -0.271. The summed E-state index contributed by atoms with van der Waals surface area (Å²) < 4.78 is 47.4. The van der Waals surface area contributed by atoms with E-state index in [9.17, 15) is 27.9 Å². The van der Waals surface area contributed by atoms with Crippen molar-refractivity contribution in [2.75, 3.05) is 13.2 Å². The molecular weight excluding hydrogens is 307 g/mol. The molecule has 0 aromatic heterocycles. The first-order valence-corrected chi connectivity index (χ1v) is 6.16. The number of carbonyl (C=O) groups is 2. The number of esters is 1. The van der Waals surface area contributed by atoms with Gasteiger partial charge in [0.25, 0.3) is 5.91 Å². The average molecular weight is 321 g/mol. The van der Waals surface area contributed by atoms with Crippen LogP contribution in [-0.4, -0.2) is 42.1 Å². The van der Waals surface area contributed by atoms with Crippen molar-refractivity contribution in [3.63, 3.8) is 0 Å². The lowest BCUT2D eigenvalue weighted by Gasteiger charge is -2.28. The van der Waals surface area contributed by atoms with E-state index in [1.165, 1.54) is 24.4 Å². The Morgan fingerprint density at radius 2 is 1.82 bits per heavy atom. The second-order valence-electron chi connectivity index (χ2n) is 4.08. The number of nitrogens with one attached hydrogen (secondary N) is 1. The van der Waals surface area contributed by atoms with Crippen LogP contribution in [0.25, 0.3) is 0 Å². The second kappa shape index (κ2) is 7.12. The second-order valence-corrected chi connectivity index (χ2v) is 4.08. The van der Waals surface area contributed by atoms with Gasteiger partial charge in [-0.05, 0) is 19.1 Å². The van der Waals surface area contributed by atoms with E-state index < -0.39 is 37.0 Å². The number of ether oxygens (including phenoxy) is 2. The van der Waals surface area contributed by atoms with Crippen LogP contribution < -0.4 is 10.1 Å². The largest absolute Gasteiger partial charge is 0.484 e. The summed E-state index contributed by atoms with van der Waals surface area (Å²) in [5.74, 6) is -3.11. The highest BCUT2D eigenvalue weighted by atomic mass is 19.4. The first-order chi connectivity index (χ1) is 10.2. The van der Waals surface area contributed by atoms with Crippen molar-refractivity contribution in [1.29, 1.82) is 0 Å². The molecule has 0 saturated carbocycles. The fourth-order valence-electron chi connectivity index (χ4n) is 1.38.